The van der Waals surface area contributed by atoms with Gasteiger partial charge in [-0.2, -0.15) is 0 Å². The fourth-order valence-corrected chi connectivity index (χ4v) is 7.68. The minimum atomic E-state index is -1.96. The topological polar surface area (TPSA) is 9.23 Å². The van der Waals surface area contributed by atoms with Crippen LogP contribution in [0.1, 0.15) is 17.5 Å². The zero-order valence-electron chi connectivity index (χ0n) is 17.7. The van der Waals surface area contributed by atoms with Crippen LogP contribution in [0.4, 0.5) is 0 Å². The van der Waals surface area contributed by atoms with Crippen molar-refractivity contribution in [3.63, 3.8) is 0 Å². The first kappa shape index (κ1) is 19.5. The lowest BCUT2D eigenvalue weighted by molar-refractivity contribution is 0.419. The maximum Gasteiger partial charge on any atom is 0.126 e. The van der Waals surface area contributed by atoms with Crippen LogP contribution in [0.5, 0.6) is 5.75 Å². The standard InChI is InChI=1S/C27H28OSi/c1-20-18-24(22-14-9-6-10-15-22)27(28-2)26(19-20)29(3,4)25-17-11-16-23(25)21-12-7-5-8-13-21/h5-16,18-19H,17H2,1-4H3. The van der Waals surface area contributed by atoms with Crippen LogP contribution in [-0.2, 0) is 0 Å². The fraction of sp³-hybridized carbons (Fsp3) is 0.185. The van der Waals surface area contributed by atoms with Gasteiger partial charge in [-0.3, -0.25) is 0 Å². The van der Waals surface area contributed by atoms with E-state index in [1.807, 2.05) is 7.11 Å². The average Bonchev–Trinajstić information content (AvgIpc) is 3.25. The summed E-state index contributed by atoms with van der Waals surface area (Å²) < 4.78 is 6.06. The molecule has 146 valence electrons. The Hall–Kier alpha value is -2.84. The molecule has 0 heterocycles. The summed E-state index contributed by atoms with van der Waals surface area (Å²) in [7, 11) is -0.151. The lowest BCUT2D eigenvalue weighted by Gasteiger charge is -2.30. The average molecular weight is 397 g/mol. The third-order valence-corrected chi connectivity index (χ3v) is 9.67. The molecule has 0 fully saturated rings. The lowest BCUT2D eigenvalue weighted by atomic mass is 10.0. The van der Waals surface area contributed by atoms with Crippen molar-refractivity contribution < 1.29 is 4.74 Å². The SMILES string of the molecule is COc1c(-c2ccccc2)cc(C)cc1[Si](C)(C)C1=C(c2ccccc2)C=CC1. The molecular formula is C27H28OSi. The van der Waals surface area contributed by atoms with Gasteiger partial charge in [-0.1, -0.05) is 103 Å². The van der Waals surface area contributed by atoms with Gasteiger partial charge in [0, 0.05) is 5.56 Å². The molecule has 0 aromatic heterocycles. The van der Waals surface area contributed by atoms with E-state index in [0.717, 1.165) is 12.2 Å². The minimum absolute atomic E-state index is 1.03. The van der Waals surface area contributed by atoms with Gasteiger partial charge in [-0.05, 0) is 41.3 Å². The molecule has 1 nitrogen and oxygen atoms in total. The predicted octanol–water partition coefficient (Wildman–Crippen LogP) is 6.54. The summed E-state index contributed by atoms with van der Waals surface area (Å²) >= 11 is 0. The number of rotatable bonds is 5. The highest BCUT2D eigenvalue weighted by Gasteiger charge is 2.35. The molecule has 3 aromatic rings. The van der Waals surface area contributed by atoms with Crippen LogP contribution in [0.2, 0.25) is 13.1 Å². The van der Waals surface area contributed by atoms with Crippen molar-refractivity contribution in [2.75, 3.05) is 7.11 Å². The highest BCUT2D eigenvalue weighted by atomic mass is 28.3. The Morgan fingerprint density at radius 2 is 1.45 bits per heavy atom. The summed E-state index contributed by atoms with van der Waals surface area (Å²) in [5.74, 6) is 1.03. The molecule has 1 aliphatic rings. The van der Waals surface area contributed by atoms with E-state index in [4.69, 9.17) is 4.74 Å². The summed E-state index contributed by atoms with van der Waals surface area (Å²) in [6, 6.07) is 26.0. The molecule has 0 spiro atoms. The van der Waals surface area contributed by atoms with Crippen LogP contribution in [-0.4, -0.2) is 15.2 Å². The highest BCUT2D eigenvalue weighted by Crippen LogP contribution is 2.38. The number of hydrogen-bond donors (Lipinski definition) is 0. The molecule has 0 amide bonds. The fourth-order valence-electron chi connectivity index (χ4n) is 4.44. The maximum atomic E-state index is 6.06. The molecule has 29 heavy (non-hydrogen) atoms. The first-order valence-electron chi connectivity index (χ1n) is 10.2. The molecular weight excluding hydrogens is 368 g/mol. The largest absolute Gasteiger partial charge is 0.496 e. The van der Waals surface area contributed by atoms with Gasteiger partial charge in [0.15, 0.2) is 0 Å². The number of aryl methyl sites for hydroxylation is 1. The van der Waals surface area contributed by atoms with Crippen molar-refractivity contribution in [3.05, 3.63) is 101 Å². The molecule has 0 saturated heterocycles. The molecule has 0 saturated carbocycles. The maximum absolute atomic E-state index is 6.06. The Bertz CT molecular complexity index is 1080. The van der Waals surface area contributed by atoms with Crippen molar-refractivity contribution in [1.82, 2.24) is 0 Å². The van der Waals surface area contributed by atoms with Crippen LogP contribution >= 0.6 is 0 Å². The molecule has 0 aliphatic heterocycles. The van der Waals surface area contributed by atoms with Crippen LogP contribution in [0.25, 0.3) is 16.7 Å². The number of ether oxygens (including phenoxy) is 1. The van der Waals surface area contributed by atoms with Crippen molar-refractivity contribution >= 4 is 18.8 Å². The Morgan fingerprint density at radius 3 is 2.07 bits per heavy atom. The van der Waals surface area contributed by atoms with Crippen LogP contribution in [0, 0.1) is 6.92 Å². The van der Waals surface area contributed by atoms with Gasteiger partial charge >= 0.3 is 0 Å². The van der Waals surface area contributed by atoms with Crippen LogP contribution in [0.3, 0.4) is 0 Å². The molecule has 0 atom stereocenters. The van der Waals surface area contributed by atoms with E-state index in [1.165, 1.54) is 33.0 Å². The normalized spacial score (nSPS) is 13.8. The van der Waals surface area contributed by atoms with Gasteiger partial charge in [-0.15, -0.1) is 0 Å². The van der Waals surface area contributed by atoms with Gasteiger partial charge in [0.2, 0.25) is 0 Å². The Morgan fingerprint density at radius 1 is 0.828 bits per heavy atom. The Labute approximate surface area is 175 Å². The molecule has 2 heteroatoms. The van der Waals surface area contributed by atoms with Crippen molar-refractivity contribution in [2.45, 2.75) is 26.4 Å². The van der Waals surface area contributed by atoms with E-state index < -0.39 is 8.07 Å². The molecule has 0 N–H and O–H groups in total. The summed E-state index contributed by atoms with van der Waals surface area (Å²) in [5, 5.41) is 2.96. The van der Waals surface area contributed by atoms with E-state index in [1.54, 1.807) is 5.20 Å². The monoisotopic (exact) mass is 396 g/mol. The van der Waals surface area contributed by atoms with Crippen LogP contribution < -0.4 is 9.92 Å². The quantitative estimate of drug-likeness (QED) is 0.445. The van der Waals surface area contributed by atoms with Gasteiger partial charge in [0.05, 0.1) is 7.11 Å². The highest BCUT2D eigenvalue weighted by molar-refractivity contribution is 6.97. The summed E-state index contributed by atoms with van der Waals surface area (Å²) in [6.45, 7) is 7.12. The minimum Gasteiger partial charge on any atom is -0.496 e. The first-order valence-corrected chi connectivity index (χ1v) is 13.2. The second-order valence-electron chi connectivity index (χ2n) is 8.25. The predicted molar refractivity (Wildman–Crippen MR) is 127 cm³/mol. The summed E-state index contributed by atoms with van der Waals surface area (Å²) in [6.07, 6.45) is 5.65. The molecule has 1 aliphatic carbocycles. The van der Waals surface area contributed by atoms with Crippen molar-refractivity contribution in [2.24, 2.45) is 0 Å². The number of methoxy groups -OCH3 is 1. The second kappa shape index (κ2) is 7.88. The number of benzene rings is 3. The van der Waals surface area contributed by atoms with Gasteiger partial charge in [0.25, 0.3) is 0 Å². The van der Waals surface area contributed by atoms with E-state index in [0.29, 0.717) is 0 Å². The van der Waals surface area contributed by atoms with E-state index >= 15 is 0 Å². The van der Waals surface area contributed by atoms with Gasteiger partial charge < -0.3 is 4.74 Å². The number of allylic oxidation sites excluding steroid dienone is 4. The van der Waals surface area contributed by atoms with Crippen molar-refractivity contribution in [3.8, 4) is 16.9 Å². The Balaban J connectivity index is 1.91. The molecule has 0 unspecified atom stereocenters. The van der Waals surface area contributed by atoms with E-state index in [9.17, 15) is 0 Å². The zero-order valence-corrected chi connectivity index (χ0v) is 18.7. The van der Waals surface area contributed by atoms with E-state index in [-0.39, 0.29) is 0 Å². The van der Waals surface area contributed by atoms with Gasteiger partial charge in [0.1, 0.15) is 13.8 Å². The lowest BCUT2D eigenvalue weighted by Crippen LogP contribution is -2.45. The first-order chi connectivity index (χ1) is 14.0. The summed E-state index contributed by atoms with van der Waals surface area (Å²) in [4.78, 5) is 0. The second-order valence-corrected chi connectivity index (χ2v) is 12.6. The van der Waals surface area contributed by atoms with Gasteiger partial charge in [-0.25, -0.2) is 0 Å². The van der Waals surface area contributed by atoms with Crippen molar-refractivity contribution in [1.29, 1.82) is 0 Å². The zero-order chi connectivity index (χ0) is 20.4. The smallest absolute Gasteiger partial charge is 0.126 e. The molecule has 0 radical (unpaired) electrons. The third-order valence-electron chi connectivity index (χ3n) is 5.97. The third kappa shape index (κ3) is 3.61. The number of hydrogen-bond acceptors (Lipinski definition) is 1. The Kier molecular flexibility index (Phi) is 5.29. The molecule has 4 rings (SSSR count). The van der Waals surface area contributed by atoms with E-state index in [2.05, 4.69) is 105 Å². The molecule has 3 aromatic carbocycles. The van der Waals surface area contributed by atoms with Crippen LogP contribution in [0.15, 0.2) is 90.1 Å². The summed E-state index contributed by atoms with van der Waals surface area (Å²) in [5.41, 5.74) is 6.39. The molecule has 0 bridgehead atoms.